The maximum atomic E-state index is 13.2. The Morgan fingerprint density at radius 3 is 2.50 bits per heavy atom. The Balaban J connectivity index is 1.50. The number of rotatable bonds is 5. The van der Waals surface area contributed by atoms with Crippen LogP contribution in [-0.2, 0) is 10.3 Å². The molecule has 0 saturated heterocycles. The van der Waals surface area contributed by atoms with Crippen molar-refractivity contribution in [3.05, 3.63) is 45.8 Å². The van der Waals surface area contributed by atoms with Crippen LogP contribution >= 0.6 is 11.6 Å². The number of benzene rings is 1. The number of anilines is 2. The van der Waals surface area contributed by atoms with Crippen LogP contribution in [0.25, 0.3) is 0 Å². The highest BCUT2D eigenvalue weighted by molar-refractivity contribution is 6.33. The number of nitrogens with zero attached hydrogens (tertiary/aromatic N) is 2. The summed E-state index contributed by atoms with van der Waals surface area (Å²) in [6.45, 7) is 0. The maximum Gasteiger partial charge on any atom is 0.303 e. The predicted octanol–water partition coefficient (Wildman–Crippen LogP) is 4.12. The summed E-state index contributed by atoms with van der Waals surface area (Å²) in [5, 5.41) is 26.6. The van der Waals surface area contributed by atoms with Crippen LogP contribution in [0.15, 0.2) is 35.3 Å². The third-order valence-electron chi connectivity index (χ3n) is 7.19. The fourth-order valence-corrected chi connectivity index (χ4v) is 6.91. The molecule has 0 spiro atoms. The van der Waals surface area contributed by atoms with Crippen LogP contribution in [0.5, 0.6) is 5.75 Å². The number of phenols is 1. The molecular weight excluding hydrogens is 406 g/mol. The van der Waals surface area contributed by atoms with E-state index < -0.39 is 11.5 Å². The van der Waals surface area contributed by atoms with Gasteiger partial charge in [-0.1, -0.05) is 11.6 Å². The molecule has 1 aromatic carbocycles. The minimum atomic E-state index is -0.765. The van der Waals surface area contributed by atoms with Gasteiger partial charge in [0.1, 0.15) is 10.8 Å². The lowest BCUT2D eigenvalue weighted by Gasteiger charge is -2.61. The number of aromatic nitrogens is 2. The molecule has 1 heterocycles. The average molecular weight is 430 g/mol. The van der Waals surface area contributed by atoms with E-state index in [1.165, 1.54) is 0 Å². The monoisotopic (exact) mass is 429 g/mol. The number of hydrogen-bond acceptors (Lipinski definition) is 5. The third kappa shape index (κ3) is 3.16. The molecule has 4 bridgehead atoms. The highest BCUT2D eigenvalue weighted by Crippen LogP contribution is 2.65. The predicted molar refractivity (Wildman–Crippen MR) is 112 cm³/mol. The molecule has 8 heteroatoms. The van der Waals surface area contributed by atoms with Crippen molar-refractivity contribution >= 4 is 28.9 Å². The second kappa shape index (κ2) is 6.74. The molecule has 1 aromatic heterocycles. The summed E-state index contributed by atoms with van der Waals surface area (Å²) < 4.78 is 1.55. The smallest absolute Gasteiger partial charge is 0.303 e. The fourth-order valence-electron chi connectivity index (χ4n) is 6.74. The molecule has 3 N–H and O–H groups in total. The molecule has 6 rings (SSSR count). The van der Waals surface area contributed by atoms with Gasteiger partial charge in [0.05, 0.1) is 23.8 Å². The van der Waals surface area contributed by atoms with Crippen LogP contribution < -0.4 is 10.9 Å². The standard InChI is InChI=1S/C22H24ClN3O4/c23-19-17(25-15-1-3-16(27)4-2-15)11-24-26(20(19)30)22-8-13-5-14(9-22)7-21(6-13,12-22)10-18(28)29/h1-4,11,13-14,25,27H,5-10,12H2,(H,28,29). The van der Waals surface area contributed by atoms with Crippen LogP contribution in [0, 0.1) is 17.3 Å². The van der Waals surface area contributed by atoms with Crippen molar-refractivity contribution in [2.45, 2.75) is 50.5 Å². The first-order valence-corrected chi connectivity index (χ1v) is 10.7. The lowest BCUT2D eigenvalue weighted by molar-refractivity contribution is -0.151. The van der Waals surface area contributed by atoms with Crippen LogP contribution in [0.4, 0.5) is 11.4 Å². The van der Waals surface area contributed by atoms with E-state index in [-0.39, 0.29) is 28.2 Å². The molecular formula is C22H24ClN3O4. The summed E-state index contributed by atoms with van der Waals surface area (Å²) in [5.74, 6) is 0.261. The van der Waals surface area contributed by atoms with Crippen molar-refractivity contribution in [2.24, 2.45) is 17.3 Å². The number of halogens is 1. The third-order valence-corrected chi connectivity index (χ3v) is 7.56. The van der Waals surface area contributed by atoms with Gasteiger partial charge in [0.25, 0.3) is 5.56 Å². The molecule has 2 aromatic rings. The van der Waals surface area contributed by atoms with E-state index >= 15 is 0 Å². The summed E-state index contributed by atoms with van der Waals surface area (Å²) >= 11 is 6.46. The Kier molecular flexibility index (Phi) is 4.36. The van der Waals surface area contributed by atoms with Gasteiger partial charge in [-0.2, -0.15) is 5.10 Å². The molecule has 2 unspecified atom stereocenters. The number of carboxylic acid groups (broad SMARTS) is 1. The van der Waals surface area contributed by atoms with E-state index in [1.807, 2.05) is 0 Å². The molecule has 7 nitrogen and oxygen atoms in total. The summed E-state index contributed by atoms with van der Waals surface area (Å²) in [5.41, 5.74) is 0.0642. The first-order chi connectivity index (χ1) is 14.3. The number of nitrogens with one attached hydrogen (secondary N) is 1. The first kappa shape index (κ1) is 19.4. The van der Waals surface area contributed by atoms with Crippen molar-refractivity contribution in [1.29, 1.82) is 0 Å². The second-order valence-corrected chi connectivity index (χ2v) is 9.89. The van der Waals surface area contributed by atoms with E-state index in [2.05, 4.69) is 10.4 Å². The Morgan fingerprint density at radius 1 is 1.20 bits per heavy atom. The highest BCUT2D eigenvalue weighted by Gasteiger charge is 2.59. The summed E-state index contributed by atoms with van der Waals surface area (Å²) in [4.78, 5) is 24.8. The molecule has 0 radical (unpaired) electrons. The Labute approximate surface area is 178 Å². The van der Waals surface area contributed by atoms with E-state index in [4.69, 9.17) is 11.6 Å². The minimum absolute atomic E-state index is 0.0705. The van der Waals surface area contributed by atoms with Gasteiger partial charge in [-0.25, -0.2) is 4.68 Å². The maximum absolute atomic E-state index is 13.2. The van der Waals surface area contributed by atoms with Crippen LogP contribution in [0.2, 0.25) is 5.02 Å². The number of aliphatic carboxylic acids is 1. The lowest BCUT2D eigenvalue weighted by atomic mass is 9.46. The van der Waals surface area contributed by atoms with Gasteiger partial charge in [-0.15, -0.1) is 0 Å². The van der Waals surface area contributed by atoms with Crippen LogP contribution in [-0.4, -0.2) is 26.0 Å². The number of carboxylic acids is 1. The molecule has 4 aliphatic carbocycles. The summed E-state index contributed by atoms with van der Waals surface area (Å²) in [6, 6.07) is 6.46. The van der Waals surface area contributed by atoms with Crippen LogP contribution in [0.1, 0.15) is 44.9 Å². The Morgan fingerprint density at radius 2 is 1.87 bits per heavy atom. The zero-order chi connectivity index (χ0) is 21.1. The highest BCUT2D eigenvalue weighted by atomic mass is 35.5. The van der Waals surface area contributed by atoms with Crippen molar-refractivity contribution in [1.82, 2.24) is 9.78 Å². The van der Waals surface area contributed by atoms with Gasteiger partial charge < -0.3 is 15.5 Å². The summed E-state index contributed by atoms with van der Waals surface area (Å²) in [7, 11) is 0. The number of phenolic OH excluding ortho intramolecular Hbond substituents is 1. The molecule has 4 saturated carbocycles. The van der Waals surface area contributed by atoms with Gasteiger partial charge in [0.15, 0.2) is 0 Å². The largest absolute Gasteiger partial charge is 0.508 e. The van der Waals surface area contributed by atoms with Gasteiger partial charge in [-0.3, -0.25) is 9.59 Å². The van der Waals surface area contributed by atoms with E-state index in [0.717, 1.165) is 32.1 Å². The van der Waals surface area contributed by atoms with Crippen molar-refractivity contribution in [3.8, 4) is 5.75 Å². The Hall–Kier alpha value is -2.54. The molecule has 158 valence electrons. The molecule has 4 fully saturated rings. The minimum Gasteiger partial charge on any atom is -0.508 e. The number of aromatic hydroxyl groups is 1. The topological polar surface area (TPSA) is 104 Å². The SMILES string of the molecule is O=C(O)CC12CC3CC(C1)CC(n1ncc(Nc4ccc(O)cc4)c(Cl)c1=O)(C3)C2. The number of hydrogen-bond donors (Lipinski definition) is 3. The van der Waals surface area contributed by atoms with Gasteiger partial charge in [0, 0.05) is 5.69 Å². The average Bonchev–Trinajstić information content (AvgIpc) is 2.65. The second-order valence-electron chi connectivity index (χ2n) is 9.52. The molecule has 30 heavy (non-hydrogen) atoms. The quantitative estimate of drug-likeness (QED) is 0.617. The van der Waals surface area contributed by atoms with Crippen molar-refractivity contribution in [3.63, 3.8) is 0 Å². The summed E-state index contributed by atoms with van der Waals surface area (Å²) in [6.07, 6.45) is 7.10. The normalized spacial score (nSPS) is 31.6. The fraction of sp³-hybridized carbons (Fsp3) is 0.500. The van der Waals surface area contributed by atoms with Gasteiger partial charge >= 0.3 is 5.97 Å². The van der Waals surface area contributed by atoms with E-state index in [1.54, 1.807) is 35.1 Å². The van der Waals surface area contributed by atoms with Gasteiger partial charge in [0.2, 0.25) is 0 Å². The van der Waals surface area contributed by atoms with E-state index in [0.29, 0.717) is 29.6 Å². The van der Waals surface area contributed by atoms with E-state index in [9.17, 15) is 19.8 Å². The van der Waals surface area contributed by atoms with Crippen LogP contribution in [0.3, 0.4) is 0 Å². The zero-order valence-electron chi connectivity index (χ0n) is 16.5. The van der Waals surface area contributed by atoms with Crippen molar-refractivity contribution < 1.29 is 15.0 Å². The molecule has 0 aliphatic heterocycles. The number of carbonyl (C=O) groups is 1. The lowest BCUT2D eigenvalue weighted by Crippen LogP contribution is -2.59. The van der Waals surface area contributed by atoms with Crippen molar-refractivity contribution in [2.75, 3.05) is 5.32 Å². The first-order valence-electron chi connectivity index (χ1n) is 10.3. The van der Waals surface area contributed by atoms with Gasteiger partial charge in [-0.05, 0) is 80.0 Å². The molecule has 4 aliphatic rings. The molecule has 0 amide bonds. The molecule has 2 atom stereocenters. The Bertz CT molecular complexity index is 1050. The zero-order valence-corrected chi connectivity index (χ0v) is 17.2.